The van der Waals surface area contributed by atoms with Gasteiger partial charge in [0.25, 0.3) is 0 Å². The maximum absolute atomic E-state index is 12.0. The molecule has 4 nitrogen and oxygen atoms in total. The van der Waals surface area contributed by atoms with Crippen LogP contribution >= 0.6 is 0 Å². The van der Waals surface area contributed by atoms with E-state index in [2.05, 4.69) is 37.5 Å². The van der Waals surface area contributed by atoms with Gasteiger partial charge in [0.15, 0.2) is 0 Å². The van der Waals surface area contributed by atoms with Gasteiger partial charge in [-0.05, 0) is 5.56 Å². The van der Waals surface area contributed by atoms with Gasteiger partial charge in [-0.1, -0.05) is 68.4 Å². The molecule has 1 heterocycles. The summed E-state index contributed by atoms with van der Waals surface area (Å²) in [6.45, 7) is 7.43. The van der Waals surface area contributed by atoms with Crippen molar-refractivity contribution in [3.63, 3.8) is 0 Å². The SMILES string of the molecule is CCCC[Si](C)(C)c1ccc(CC(=O)N[C@H]2CCOC2=O)cc1. The Morgan fingerprint density at radius 1 is 1.30 bits per heavy atom. The first kappa shape index (κ1) is 17.7. The highest BCUT2D eigenvalue weighted by Gasteiger charge is 2.28. The van der Waals surface area contributed by atoms with Crippen LogP contribution in [0.5, 0.6) is 0 Å². The molecule has 0 spiro atoms. The predicted molar refractivity (Wildman–Crippen MR) is 94.5 cm³/mol. The number of benzene rings is 1. The van der Waals surface area contributed by atoms with E-state index in [1.807, 2.05) is 12.1 Å². The van der Waals surface area contributed by atoms with Crippen LogP contribution in [0.4, 0.5) is 0 Å². The minimum Gasteiger partial charge on any atom is -0.464 e. The zero-order valence-corrected chi connectivity index (χ0v) is 15.4. The number of esters is 1. The van der Waals surface area contributed by atoms with Gasteiger partial charge in [-0.15, -0.1) is 0 Å². The molecule has 1 saturated heterocycles. The maximum Gasteiger partial charge on any atom is 0.328 e. The standard InChI is InChI=1S/C18H27NO3Si/c1-4-5-12-23(2,3)15-8-6-14(7-9-15)13-17(20)19-16-10-11-22-18(16)21/h6-9,16H,4-5,10-13H2,1-3H3,(H,19,20)/t16-/m0/s1. The van der Waals surface area contributed by atoms with Crippen molar-refractivity contribution in [1.29, 1.82) is 0 Å². The number of hydrogen-bond donors (Lipinski definition) is 1. The van der Waals surface area contributed by atoms with Gasteiger partial charge in [0.05, 0.1) is 21.1 Å². The van der Waals surface area contributed by atoms with E-state index >= 15 is 0 Å². The predicted octanol–water partition coefficient (Wildman–Crippen LogP) is 2.38. The molecule has 1 aromatic rings. The molecular formula is C18H27NO3Si. The summed E-state index contributed by atoms with van der Waals surface area (Å²) in [5.74, 6) is -0.443. The van der Waals surface area contributed by atoms with E-state index in [4.69, 9.17) is 4.74 Å². The summed E-state index contributed by atoms with van der Waals surface area (Å²) in [7, 11) is -1.36. The molecule has 1 fully saturated rings. The lowest BCUT2D eigenvalue weighted by molar-refractivity contribution is -0.141. The van der Waals surface area contributed by atoms with Gasteiger partial charge in [0.1, 0.15) is 6.04 Å². The van der Waals surface area contributed by atoms with Crippen LogP contribution in [0, 0.1) is 0 Å². The molecule has 1 aromatic carbocycles. The third-order valence-electron chi connectivity index (χ3n) is 4.53. The van der Waals surface area contributed by atoms with Crippen LogP contribution in [-0.2, 0) is 20.7 Å². The van der Waals surface area contributed by atoms with Crippen LogP contribution in [0.2, 0.25) is 19.1 Å². The highest BCUT2D eigenvalue weighted by atomic mass is 28.3. The molecule has 1 aliphatic heterocycles. The van der Waals surface area contributed by atoms with Crippen molar-refractivity contribution in [2.45, 2.75) is 57.8 Å². The zero-order chi connectivity index (χ0) is 16.9. The lowest BCUT2D eigenvalue weighted by Gasteiger charge is -2.23. The summed E-state index contributed by atoms with van der Waals surface area (Å²) in [6.07, 6.45) is 3.39. The molecule has 0 aliphatic carbocycles. The molecule has 23 heavy (non-hydrogen) atoms. The Balaban J connectivity index is 1.91. The Hall–Kier alpha value is -1.62. The van der Waals surface area contributed by atoms with Crippen molar-refractivity contribution in [1.82, 2.24) is 5.32 Å². The number of nitrogens with one attached hydrogen (secondary N) is 1. The molecule has 0 bridgehead atoms. The first-order chi connectivity index (χ1) is 10.9. The van der Waals surface area contributed by atoms with E-state index in [9.17, 15) is 9.59 Å². The molecule has 5 heteroatoms. The minimum absolute atomic E-state index is 0.121. The normalized spacial score (nSPS) is 17.9. The smallest absolute Gasteiger partial charge is 0.328 e. The second kappa shape index (κ2) is 7.77. The zero-order valence-electron chi connectivity index (χ0n) is 14.4. The molecule has 2 rings (SSSR count). The van der Waals surface area contributed by atoms with E-state index in [1.165, 1.54) is 24.1 Å². The van der Waals surface area contributed by atoms with Crippen molar-refractivity contribution in [2.75, 3.05) is 6.61 Å². The van der Waals surface area contributed by atoms with Crippen molar-refractivity contribution >= 4 is 25.1 Å². The summed E-state index contributed by atoms with van der Waals surface area (Å²) in [5, 5.41) is 4.18. The largest absolute Gasteiger partial charge is 0.464 e. The summed E-state index contributed by atoms with van der Waals surface area (Å²) in [5.41, 5.74) is 0.984. The number of unbranched alkanes of at least 4 members (excludes halogenated alkanes) is 1. The molecular weight excluding hydrogens is 306 g/mol. The van der Waals surface area contributed by atoms with Gasteiger partial charge in [-0.2, -0.15) is 0 Å². The Morgan fingerprint density at radius 3 is 2.57 bits per heavy atom. The van der Waals surface area contributed by atoms with Gasteiger partial charge in [0, 0.05) is 6.42 Å². The lowest BCUT2D eigenvalue weighted by atomic mass is 10.1. The Morgan fingerprint density at radius 2 is 2.00 bits per heavy atom. The average Bonchev–Trinajstić information content (AvgIpc) is 2.91. The number of cyclic esters (lactones) is 1. The van der Waals surface area contributed by atoms with Crippen molar-refractivity contribution in [3.8, 4) is 0 Å². The molecule has 126 valence electrons. The number of hydrogen-bond acceptors (Lipinski definition) is 3. The van der Waals surface area contributed by atoms with Gasteiger partial charge in [0.2, 0.25) is 5.91 Å². The highest BCUT2D eigenvalue weighted by molar-refractivity contribution is 6.89. The fourth-order valence-electron chi connectivity index (χ4n) is 2.89. The first-order valence-electron chi connectivity index (χ1n) is 8.48. The van der Waals surface area contributed by atoms with E-state index in [0.29, 0.717) is 19.4 Å². The second-order valence-corrected chi connectivity index (χ2v) is 11.8. The van der Waals surface area contributed by atoms with Gasteiger partial charge in [-0.3, -0.25) is 4.79 Å². The molecule has 1 aliphatic rings. The topological polar surface area (TPSA) is 55.4 Å². The highest BCUT2D eigenvalue weighted by Crippen LogP contribution is 2.14. The Bertz CT molecular complexity index is 554. The summed E-state index contributed by atoms with van der Waals surface area (Å²) >= 11 is 0. The molecule has 0 aromatic heterocycles. The third kappa shape index (κ3) is 4.93. The molecule has 0 radical (unpaired) electrons. The molecule has 1 N–H and O–H groups in total. The molecule has 0 unspecified atom stereocenters. The van der Waals surface area contributed by atoms with Crippen LogP contribution in [0.1, 0.15) is 31.7 Å². The fourth-order valence-corrected chi connectivity index (χ4v) is 5.49. The fraction of sp³-hybridized carbons (Fsp3) is 0.556. The summed E-state index contributed by atoms with van der Waals surface area (Å²) in [4.78, 5) is 23.4. The number of rotatable bonds is 7. The Labute approximate surface area is 139 Å². The number of ether oxygens (including phenoxy) is 1. The number of carbonyl (C=O) groups excluding carboxylic acids is 2. The first-order valence-corrected chi connectivity index (χ1v) is 11.7. The van der Waals surface area contributed by atoms with Crippen LogP contribution in [0.3, 0.4) is 0 Å². The van der Waals surface area contributed by atoms with Crippen molar-refractivity contribution in [3.05, 3.63) is 29.8 Å². The van der Waals surface area contributed by atoms with E-state index in [1.54, 1.807) is 0 Å². The van der Waals surface area contributed by atoms with E-state index in [-0.39, 0.29) is 11.9 Å². The van der Waals surface area contributed by atoms with Crippen molar-refractivity contribution < 1.29 is 14.3 Å². The van der Waals surface area contributed by atoms with Crippen LogP contribution in [0.15, 0.2) is 24.3 Å². The second-order valence-electron chi connectivity index (χ2n) is 6.94. The molecule has 1 amide bonds. The van der Waals surface area contributed by atoms with Gasteiger partial charge < -0.3 is 10.1 Å². The van der Waals surface area contributed by atoms with Gasteiger partial charge in [-0.25, -0.2) is 4.79 Å². The van der Waals surface area contributed by atoms with E-state index < -0.39 is 14.1 Å². The van der Waals surface area contributed by atoms with Crippen LogP contribution in [-0.4, -0.2) is 32.6 Å². The number of carbonyl (C=O) groups is 2. The summed E-state index contributed by atoms with van der Waals surface area (Å²) < 4.78 is 4.85. The van der Waals surface area contributed by atoms with Crippen molar-refractivity contribution in [2.24, 2.45) is 0 Å². The average molecular weight is 334 g/mol. The Kier molecular flexibility index (Phi) is 5.99. The quantitative estimate of drug-likeness (QED) is 0.616. The summed E-state index contributed by atoms with van der Waals surface area (Å²) in [6, 6.07) is 9.27. The lowest BCUT2D eigenvalue weighted by Crippen LogP contribution is -2.41. The third-order valence-corrected chi connectivity index (χ3v) is 8.03. The molecule has 1 atom stereocenters. The maximum atomic E-state index is 12.0. The number of amides is 1. The molecule has 0 saturated carbocycles. The minimum atomic E-state index is -1.36. The van der Waals surface area contributed by atoms with Gasteiger partial charge >= 0.3 is 5.97 Å². The van der Waals surface area contributed by atoms with E-state index in [0.717, 1.165) is 5.56 Å². The van der Waals surface area contributed by atoms with Crippen LogP contribution < -0.4 is 10.5 Å². The monoisotopic (exact) mass is 333 g/mol. The van der Waals surface area contributed by atoms with Crippen LogP contribution in [0.25, 0.3) is 0 Å².